The van der Waals surface area contributed by atoms with Crippen molar-refractivity contribution in [2.45, 2.75) is 0 Å². The molecule has 0 atom stereocenters. The van der Waals surface area contributed by atoms with Gasteiger partial charge in [0.15, 0.2) is 0 Å². The standard InChI is InChI=1S/C9H10N4/c10-6-8(13-9(11)12)7-4-2-1-3-5-7/h1-6,10H,(H3,11,12)/b10-6?,13-8+. The van der Waals surface area contributed by atoms with E-state index < -0.39 is 0 Å². The Morgan fingerprint density at radius 3 is 2.38 bits per heavy atom. The van der Waals surface area contributed by atoms with Crippen LogP contribution in [0.3, 0.4) is 0 Å². The van der Waals surface area contributed by atoms with Gasteiger partial charge in [0.25, 0.3) is 0 Å². The molecule has 1 rings (SSSR count). The van der Waals surface area contributed by atoms with E-state index in [2.05, 4.69) is 4.99 Å². The Hall–Kier alpha value is -1.97. The van der Waals surface area contributed by atoms with Crippen molar-refractivity contribution in [3.63, 3.8) is 0 Å². The Balaban J connectivity index is 3.05. The maximum absolute atomic E-state index is 7.08. The molecule has 4 nitrogen and oxygen atoms in total. The zero-order valence-corrected chi connectivity index (χ0v) is 6.99. The predicted molar refractivity (Wildman–Crippen MR) is 53.7 cm³/mol. The number of hydrogen-bond acceptors (Lipinski definition) is 2. The molecule has 0 saturated heterocycles. The third-order valence-electron chi connectivity index (χ3n) is 1.45. The number of guanidine groups is 1. The second-order valence-electron chi connectivity index (χ2n) is 2.39. The van der Waals surface area contributed by atoms with Gasteiger partial charge in [-0.25, -0.2) is 4.99 Å². The average Bonchev–Trinajstić information content (AvgIpc) is 2.15. The molecule has 0 heterocycles. The van der Waals surface area contributed by atoms with Gasteiger partial charge in [-0.15, -0.1) is 0 Å². The van der Waals surface area contributed by atoms with Gasteiger partial charge in [-0.05, 0) is 0 Å². The van der Waals surface area contributed by atoms with E-state index in [9.17, 15) is 0 Å². The fourth-order valence-corrected chi connectivity index (χ4v) is 0.919. The Morgan fingerprint density at radius 1 is 1.31 bits per heavy atom. The molecule has 0 aliphatic carbocycles. The second kappa shape index (κ2) is 4.15. The number of nitrogens with one attached hydrogen (secondary N) is 2. The fourth-order valence-electron chi connectivity index (χ4n) is 0.919. The highest BCUT2D eigenvalue weighted by atomic mass is 15.0. The van der Waals surface area contributed by atoms with Crippen LogP contribution in [0.1, 0.15) is 5.56 Å². The third kappa shape index (κ3) is 2.52. The lowest BCUT2D eigenvalue weighted by Gasteiger charge is -1.98. The van der Waals surface area contributed by atoms with E-state index >= 15 is 0 Å². The highest BCUT2D eigenvalue weighted by Gasteiger charge is 1.98. The van der Waals surface area contributed by atoms with E-state index in [1.54, 1.807) is 0 Å². The molecular formula is C9H10N4. The summed E-state index contributed by atoms with van der Waals surface area (Å²) in [6.45, 7) is 0. The monoisotopic (exact) mass is 174 g/mol. The lowest BCUT2D eigenvalue weighted by atomic mass is 10.1. The largest absolute Gasteiger partial charge is 0.368 e. The fraction of sp³-hybridized carbons (Fsp3) is 0. The first-order chi connectivity index (χ1) is 6.24. The SMILES string of the molecule is N=C/C(=N\C(=N)N)c1ccccc1. The molecule has 0 unspecified atom stereocenters. The van der Waals surface area contributed by atoms with E-state index in [1.165, 1.54) is 0 Å². The number of aliphatic imine (C=N–C) groups is 1. The van der Waals surface area contributed by atoms with E-state index in [-0.39, 0.29) is 5.96 Å². The first kappa shape index (κ1) is 9.12. The molecule has 0 aromatic heterocycles. The van der Waals surface area contributed by atoms with Crippen LogP contribution in [0.2, 0.25) is 0 Å². The Labute approximate surface area is 76.1 Å². The van der Waals surface area contributed by atoms with Crippen molar-refractivity contribution in [2.75, 3.05) is 0 Å². The van der Waals surface area contributed by atoms with Gasteiger partial charge in [-0.2, -0.15) is 0 Å². The second-order valence-corrected chi connectivity index (χ2v) is 2.39. The van der Waals surface area contributed by atoms with Gasteiger partial charge in [0.1, 0.15) is 0 Å². The summed E-state index contributed by atoms with van der Waals surface area (Å²) in [5, 5.41) is 14.0. The zero-order valence-electron chi connectivity index (χ0n) is 6.99. The summed E-state index contributed by atoms with van der Waals surface area (Å²) < 4.78 is 0. The summed E-state index contributed by atoms with van der Waals surface area (Å²) in [5.41, 5.74) is 6.28. The lowest BCUT2D eigenvalue weighted by molar-refractivity contribution is 1.38. The van der Waals surface area contributed by atoms with Crippen molar-refractivity contribution < 1.29 is 0 Å². The normalized spacial score (nSPS) is 10.9. The number of nitrogens with two attached hydrogens (primary N) is 1. The minimum absolute atomic E-state index is 0.289. The van der Waals surface area contributed by atoms with E-state index in [0.29, 0.717) is 5.71 Å². The van der Waals surface area contributed by atoms with Crippen LogP contribution in [0.4, 0.5) is 0 Å². The van der Waals surface area contributed by atoms with Gasteiger partial charge >= 0.3 is 0 Å². The molecule has 0 amide bonds. The van der Waals surface area contributed by atoms with Crippen LogP contribution >= 0.6 is 0 Å². The highest BCUT2D eigenvalue weighted by Crippen LogP contribution is 1.99. The van der Waals surface area contributed by atoms with E-state index in [4.69, 9.17) is 16.6 Å². The molecule has 0 spiro atoms. The van der Waals surface area contributed by atoms with Crippen LogP contribution in [-0.4, -0.2) is 17.9 Å². The van der Waals surface area contributed by atoms with E-state index in [1.807, 2.05) is 30.3 Å². The van der Waals surface area contributed by atoms with Gasteiger partial charge in [0.05, 0.1) is 5.71 Å². The molecule has 1 aromatic rings. The molecule has 1 aromatic carbocycles. The predicted octanol–water partition coefficient (Wildman–Crippen LogP) is 1.02. The number of nitrogens with zero attached hydrogens (tertiary/aromatic N) is 1. The van der Waals surface area contributed by atoms with Crippen LogP contribution in [0.15, 0.2) is 35.3 Å². The van der Waals surface area contributed by atoms with Crippen LogP contribution in [-0.2, 0) is 0 Å². The summed E-state index contributed by atoms with van der Waals surface area (Å²) in [4.78, 5) is 3.70. The third-order valence-corrected chi connectivity index (χ3v) is 1.45. The van der Waals surface area contributed by atoms with Crippen LogP contribution in [0, 0.1) is 10.8 Å². The zero-order chi connectivity index (χ0) is 9.68. The molecule has 4 N–H and O–H groups in total. The molecule has 4 heteroatoms. The minimum atomic E-state index is -0.289. The van der Waals surface area contributed by atoms with Crippen LogP contribution in [0.25, 0.3) is 0 Å². The molecule has 0 aliphatic heterocycles. The Kier molecular flexibility index (Phi) is 2.92. The van der Waals surface area contributed by atoms with Crippen molar-refractivity contribution in [1.29, 1.82) is 10.8 Å². The molecule has 66 valence electrons. The van der Waals surface area contributed by atoms with Gasteiger partial charge in [0, 0.05) is 11.8 Å². The van der Waals surface area contributed by atoms with Crippen molar-refractivity contribution in [2.24, 2.45) is 10.7 Å². The highest BCUT2D eigenvalue weighted by molar-refractivity contribution is 6.38. The molecule has 0 radical (unpaired) electrons. The first-order valence-electron chi connectivity index (χ1n) is 3.72. The van der Waals surface area contributed by atoms with E-state index in [0.717, 1.165) is 11.8 Å². The van der Waals surface area contributed by atoms with Gasteiger partial charge in [0.2, 0.25) is 5.96 Å². The average molecular weight is 174 g/mol. The maximum atomic E-state index is 7.08. The molecule has 0 fully saturated rings. The summed E-state index contributed by atoms with van der Waals surface area (Å²) in [6.07, 6.45) is 1.08. The number of rotatable bonds is 2. The lowest BCUT2D eigenvalue weighted by Crippen LogP contribution is -2.12. The van der Waals surface area contributed by atoms with Crippen molar-refractivity contribution in [3.8, 4) is 0 Å². The minimum Gasteiger partial charge on any atom is -0.368 e. The number of benzene rings is 1. The molecule has 0 saturated carbocycles. The smallest absolute Gasteiger partial charge is 0.213 e. The first-order valence-corrected chi connectivity index (χ1v) is 3.72. The maximum Gasteiger partial charge on any atom is 0.213 e. The summed E-state index contributed by atoms with van der Waals surface area (Å²) in [6, 6.07) is 9.18. The topological polar surface area (TPSA) is 86.1 Å². The van der Waals surface area contributed by atoms with Gasteiger partial charge < -0.3 is 11.1 Å². The van der Waals surface area contributed by atoms with Crippen molar-refractivity contribution >= 4 is 17.9 Å². The van der Waals surface area contributed by atoms with Gasteiger partial charge in [-0.1, -0.05) is 30.3 Å². The summed E-state index contributed by atoms with van der Waals surface area (Å²) >= 11 is 0. The molecule has 0 aliphatic rings. The Morgan fingerprint density at radius 2 is 1.92 bits per heavy atom. The van der Waals surface area contributed by atoms with Crippen LogP contribution in [0.5, 0.6) is 0 Å². The van der Waals surface area contributed by atoms with Crippen molar-refractivity contribution in [3.05, 3.63) is 35.9 Å². The van der Waals surface area contributed by atoms with Crippen molar-refractivity contribution in [1.82, 2.24) is 0 Å². The molecule has 0 bridgehead atoms. The van der Waals surface area contributed by atoms with Crippen LogP contribution < -0.4 is 5.73 Å². The van der Waals surface area contributed by atoms with Gasteiger partial charge in [-0.3, -0.25) is 5.41 Å². The quantitative estimate of drug-likeness (QED) is 0.453. The number of hydrogen-bond donors (Lipinski definition) is 3. The molecule has 13 heavy (non-hydrogen) atoms. The molecular weight excluding hydrogens is 164 g/mol. The Bertz CT molecular complexity index is 340. The summed E-state index contributed by atoms with van der Waals surface area (Å²) in [5.74, 6) is -0.289. The summed E-state index contributed by atoms with van der Waals surface area (Å²) in [7, 11) is 0.